The van der Waals surface area contributed by atoms with Gasteiger partial charge in [0, 0.05) is 31.7 Å². The maximum absolute atomic E-state index is 5.10. The van der Waals surface area contributed by atoms with Crippen molar-refractivity contribution in [1.29, 1.82) is 0 Å². The zero-order chi connectivity index (χ0) is 10.7. The summed E-state index contributed by atoms with van der Waals surface area (Å²) in [5.41, 5.74) is 1.06. The van der Waals surface area contributed by atoms with Crippen LogP contribution in [0.5, 0.6) is 5.88 Å². The zero-order valence-corrected chi connectivity index (χ0v) is 9.23. The number of rotatable bonds is 4. The van der Waals surface area contributed by atoms with Crippen LogP contribution in [0.3, 0.4) is 0 Å². The van der Waals surface area contributed by atoms with Gasteiger partial charge in [0.1, 0.15) is 0 Å². The van der Waals surface area contributed by atoms with E-state index in [0.717, 1.165) is 25.3 Å². The van der Waals surface area contributed by atoms with E-state index in [4.69, 9.17) is 4.74 Å². The molecule has 1 saturated heterocycles. The van der Waals surface area contributed by atoms with Gasteiger partial charge in [-0.1, -0.05) is 6.07 Å². The first-order valence-corrected chi connectivity index (χ1v) is 5.20. The quantitative estimate of drug-likeness (QED) is 0.780. The van der Waals surface area contributed by atoms with E-state index in [-0.39, 0.29) is 0 Å². The molecule has 0 unspecified atom stereocenters. The standard InChI is InChI=1S/C11H17N3O/c1-14(10-6-12-7-10)8-9-4-3-5-11(13-9)15-2/h3-5,10,12H,6-8H2,1-2H3. The molecule has 1 aliphatic rings. The normalized spacial score (nSPS) is 16.5. The Bertz CT molecular complexity index is 325. The lowest BCUT2D eigenvalue weighted by molar-refractivity contribution is 0.171. The molecule has 1 N–H and O–H groups in total. The van der Waals surface area contributed by atoms with E-state index >= 15 is 0 Å². The Balaban J connectivity index is 1.96. The smallest absolute Gasteiger partial charge is 0.213 e. The van der Waals surface area contributed by atoms with Crippen LogP contribution in [0.4, 0.5) is 0 Å². The van der Waals surface area contributed by atoms with Gasteiger partial charge in [-0.2, -0.15) is 0 Å². The summed E-state index contributed by atoms with van der Waals surface area (Å²) in [6.45, 7) is 3.05. The summed E-state index contributed by atoms with van der Waals surface area (Å²) in [6.07, 6.45) is 0. The van der Waals surface area contributed by atoms with Gasteiger partial charge < -0.3 is 10.1 Å². The minimum atomic E-state index is 0.651. The third-order valence-electron chi connectivity index (χ3n) is 2.79. The van der Waals surface area contributed by atoms with E-state index in [1.54, 1.807) is 7.11 Å². The molecule has 2 heterocycles. The van der Waals surface area contributed by atoms with Crippen molar-refractivity contribution < 1.29 is 4.74 Å². The molecule has 4 heteroatoms. The van der Waals surface area contributed by atoms with E-state index in [0.29, 0.717) is 11.9 Å². The number of likely N-dealkylation sites (N-methyl/N-ethyl adjacent to an activating group) is 1. The summed E-state index contributed by atoms with van der Waals surface area (Å²) in [6, 6.07) is 6.53. The van der Waals surface area contributed by atoms with Crippen molar-refractivity contribution in [3.63, 3.8) is 0 Å². The van der Waals surface area contributed by atoms with Gasteiger partial charge in [0.15, 0.2) is 0 Å². The van der Waals surface area contributed by atoms with Crippen LogP contribution in [0.2, 0.25) is 0 Å². The Hall–Kier alpha value is -1.13. The molecule has 0 bridgehead atoms. The largest absolute Gasteiger partial charge is 0.481 e. The van der Waals surface area contributed by atoms with E-state index in [9.17, 15) is 0 Å². The average Bonchev–Trinajstić information content (AvgIpc) is 2.15. The molecule has 2 rings (SSSR count). The van der Waals surface area contributed by atoms with Crippen LogP contribution < -0.4 is 10.1 Å². The molecule has 0 radical (unpaired) electrons. The second-order valence-corrected chi connectivity index (χ2v) is 3.90. The van der Waals surface area contributed by atoms with Crippen molar-refractivity contribution in [3.8, 4) is 5.88 Å². The van der Waals surface area contributed by atoms with Gasteiger partial charge in [-0.25, -0.2) is 4.98 Å². The van der Waals surface area contributed by atoms with Crippen LogP contribution in [0, 0.1) is 0 Å². The topological polar surface area (TPSA) is 37.4 Å². The number of pyridine rings is 1. The molecule has 82 valence electrons. The van der Waals surface area contributed by atoms with Crippen LogP contribution in [0.1, 0.15) is 5.69 Å². The monoisotopic (exact) mass is 207 g/mol. The maximum Gasteiger partial charge on any atom is 0.213 e. The number of hydrogen-bond donors (Lipinski definition) is 1. The number of hydrogen-bond acceptors (Lipinski definition) is 4. The first-order valence-electron chi connectivity index (χ1n) is 5.20. The molecule has 0 aliphatic carbocycles. The number of aromatic nitrogens is 1. The molecular weight excluding hydrogens is 190 g/mol. The van der Waals surface area contributed by atoms with Gasteiger partial charge >= 0.3 is 0 Å². The zero-order valence-electron chi connectivity index (χ0n) is 9.23. The highest BCUT2D eigenvalue weighted by molar-refractivity contribution is 5.15. The Labute approximate surface area is 90.3 Å². The molecule has 4 nitrogen and oxygen atoms in total. The number of methoxy groups -OCH3 is 1. The van der Waals surface area contributed by atoms with Crippen LogP contribution >= 0.6 is 0 Å². The van der Waals surface area contributed by atoms with Crippen molar-refractivity contribution in [2.24, 2.45) is 0 Å². The highest BCUT2D eigenvalue weighted by atomic mass is 16.5. The van der Waals surface area contributed by atoms with Gasteiger partial charge in [-0.05, 0) is 13.1 Å². The van der Waals surface area contributed by atoms with E-state index in [1.807, 2.05) is 18.2 Å². The molecule has 1 aromatic rings. The SMILES string of the molecule is COc1cccc(CN(C)C2CNC2)n1. The summed E-state index contributed by atoms with van der Waals surface area (Å²) in [4.78, 5) is 6.71. The van der Waals surface area contributed by atoms with Crippen molar-refractivity contribution in [2.75, 3.05) is 27.2 Å². The van der Waals surface area contributed by atoms with Gasteiger partial charge in [-0.15, -0.1) is 0 Å². The molecule has 0 amide bonds. The molecule has 1 fully saturated rings. The highest BCUT2D eigenvalue weighted by Gasteiger charge is 2.21. The Kier molecular flexibility index (Phi) is 3.18. The second-order valence-electron chi connectivity index (χ2n) is 3.90. The predicted octanol–water partition coefficient (Wildman–Crippen LogP) is 0.494. The van der Waals surface area contributed by atoms with Gasteiger partial charge in [0.25, 0.3) is 0 Å². The predicted molar refractivity (Wildman–Crippen MR) is 58.9 cm³/mol. The van der Waals surface area contributed by atoms with Crippen molar-refractivity contribution in [2.45, 2.75) is 12.6 Å². The van der Waals surface area contributed by atoms with E-state index < -0.39 is 0 Å². The number of nitrogens with one attached hydrogen (secondary N) is 1. The van der Waals surface area contributed by atoms with Crippen molar-refractivity contribution in [1.82, 2.24) is 15.2 Å². The number of ether oxygens (including phenoxy) is 1. The lowest BCUT2D eigenvalue weighted by Crippen LogP contribution is -2.55. The summed E-state index contributed by atoms with van der Waals surface area (Å²) in [5, 5.41) is 3.26. The molecule has 0 spiro atoms. The van der Waals surface area contributed by atoms with Crippen molar-refractivity contribution >= 4 is 0 Å². The fraction of sp³-hybridized carbons (Fsp3) is 0.545. The molecule has 0 aromatic carbocycles. The molecule has 15 heavy (non-hydrogen) atoms. The summed E-state index contributed by atoms with van der Waals surface area (Å²) in [5.74, 6) is 0.688. The maximum atomic E-state index is 5.10. The minimum Gasteiger partial charge on any atom is -0.481 e. The number of nitrogens with zero attached hydrogens (tertiary/aromatic N) is 2. The second kappa shape index (κ2) is 4.59. The fourth-order valence-electron chi connectivity index (χ4n) is 1.63. The summed E-state index contributed by atoms with van der Waals surface area (Å²) in [7, 11) is 3.78. The minimum absolute atomic E-state index is 0.651. The first kappa shape index (κ1) is 10.4. The lowest BCUT2D eigenvalue weighted by Gasteiger charge is -2.35. The third-order valence-corrected chi connectivity index (χ3v) is 2.79. The fourth-order valence-corrected chi connectivity index (χ4v) is 1.63. The Morgan fingerprint density at radius 1 is 1.53 bits per heavy atom. The van der Waals surface area contributed by atoms with Gasteiger partial charge in [-0.3, -0.25) is 4.90 Å². The first-order chi connectivity index (χ1) is 7.29. The molecule has 1 aliphatic heterocycles. The Morgan fingerprint density at radius 3 is 2.93 bits per heavy atom. The van der Waals surface area contributed by atoms with E-state index in [1.165, 1.54) is 0 Å². The van der Waals surface area contributed by atoms with Gasteiger partial charge in [0.2, 0.25) is 5.88 Å². The van der Waals surface area contributed by atoms with Crippen LogP contribution in [0.25, 0.3) is 0 Å². The van der Waals surface area contributed by atoms with Gasteiger partial charge in [0.05, 0.1) is 12.8 Å². The van der Waals surface area contributed by atoms with E-state index in [2.05, 4.69) is 22.2 Å². The average molecular weight is 207 g/mol. The van der Waals surface area contributed by atoms with Crippen LogP contribution in [-0.2, 0) is 6.54 Å². The molecule has 0 saturated carbocycles. The summed E-state index contributed by atoms with van der Waals surface area (Å²) < 4.78 is 5.10. The van der Waals surface area contributed by atoms with Crippen LogP contribution in [0.15, 0.2) is 18.2 Å². The van der Waals surface area contributed by atoms with Crippen molar-refractivity contribution in [3.05, 3.63) is 23.9 Å². The molecule has 1 aromatic heterocycles. The molecular formula is C11H17N3O. The third kappa shape index (κ3) is 2.46. The molecule has 0 atom stereocenters. The summed E-state index contributed by atoms with van der Waals surface area (Å²) >= 11 is 0. The lowest BCUT2D eigenvalue weighted by atomic mass is 10.1. The van der Waals surface area contributed by atoms with Crippen LogP contribution in [-0.4, -0.2) is 43.2 Å². The Morgan fingerprint density at radius 2 is 2.33 bits per heavy atom. The highest BCUT2D eigenvalue weighted by Crippen LogP contribution is 2.11.